The third-order valence-corrected chi connectivity index (χ3v) is 2.70. The fourth-order valence-corrected chi connectivity index (χ4v) is 1.91. The van der Waals surface area contributed by atoms with Gasteiger partial charge in [0.2, 0.25) is 0 Å². The molecule has 0 aromatic carbocycles. The van der Waals surface area contributed by atoms with Crippen molar-refractivity contribution in [1.29, 1.82) is 0 Å². The first-order valence-corrected chi connectivity index (χ1v) is 5.51. The molecule has 0 atom stereocenters. The Kier molecular flexibility index (Phi) is 2.75. The summed E-state index contributed by atoms with van der Waals surface area (Å²) in [5.74, 6) is 0.334. The summed E-state index contributed by atoms with van der Waals surface area (Å²) in [6.07, 6.45) is 6.95. The molecule has 1 aliphatic heterocycles. The number of fused-ring (bicyclic) bond motifs is 1. The molecule has 0 radical (unpaired) electrons. The summed E-state index contributed by atoms with van der Waals surface area (Å²) in [6, 6.07) is 0.00741. The highest BCUT2D eigenvalue weighted by molar-refractivity contribution is 5.97. The normalized spacial score (nSPS) is 15.6. The van der Waals surface area contributed by atoms with Crippen molar-refractivity contribution < 1.29 is 4.79 Å². The fraction of sp³-hybridized carbons (Fsp3) is 0.333. The number of aromatic nitrogens is 2. The first-order valence-electron chi connectivity index (χ1n) is 5.51. The van der Waals surface area contributed by atoms with Gasteiger partial charge in [0.05, 0.1) is 12.0 Å². The Balaban J connectivity index is 2.59. The number of carbonyl (C=O) groups is 1. The number of aryl methyl sites for hydroxylation is 1. The highest BCUT2D eigenvalue weighted by atomic mass is 16.2. The molecule has 0 saturated carbocycles. The standard InChI is InChI=1S/C12H16N4O/c1-8(2)16-10(13)6-4-5-9-11(12(16)17)15(3)7-14-9/h4-8H,13H2,1-3H3. The number of hydrogen-bond acceptors (Lipinski definition) is 3. The zero-order valence-electron chi connectivity index (χ0n) is 10.2. The van der Waals surface area contributed by atoms with E-state index in [0.29, 0.717) is 17.2 Å². The third kappa shape index (κ3) is 1.84. The maximum atomic E-state index is 12.4. The van der Waals surface area contributed by atoms with Gasteiger partial charge in [0, 0.05) is 13.1 Å². The Morgan fingerprint density at radius 3 is 2.76 bits per heavy atom. The van der Waals surface area contributed by atoms with E-state index in [9.17, 15) is 4.79 Å². The number of carbonyl (C=O) groups excluding carboxylic acids is 1. The van der Waals surface area contributed by atoms with Crippen molar-refractivity contribution in [2.45, 2.75) is 19.9 Å². The summed E-state index contributed by atoms with van der Waals surface area (Å²) in [5, 5.41) is 0. The zero-order chi connectivity index (χ0) is 12.6. The number of nitrogens with zero attached hydrogens (tertiary/aromatic N) is 3. The Hall–Kier alpha value is -2.04. The van der Waals surface area contributed by atoms with Crippen LogP contribution in [0.4, 0.5) is 0 Å². The summed E-state index contributed by atoms with van der Waals surface area (Å²) in [5.41, 5.74) is 7.14. The predicted octanol–water partition coefficient (Wildman–Crippen LogP) is 1.10. The molecule has 2 heterocycles. The molecule has 2 N–H and O–H groups in total. The molecule has 0 spiro atoms. The van der Waals surface area contributed by atoms with Crippen molar-refractivity contribution in [2.24, 2.45) is 12.8 Å². The van der Waals surface area contributed by atoms with Gasteiger partial charge in [-0.2, -0.15) is 0 Å². The molecule has 1 aromatic rings. The maximum absolute atomic E-state index is 12.4. The average molecular weight is 232 g/mol. The van der Waals surface area contributed by atoms with Crippen molar-refractivity contribution in [3.8, 4) is 0 Å². The van der Waals surface area contributed by atoms with E-state index in [1.807, 2.05) is 19.9 Å². The van der Waals surface area contributed by atoms with E-state index in [1.165, 1.54) is 0 Å². The molecule has 5 heteroatoms. The van der Waals surface area contributed by atoms with E-state index >= 15 is 0 Å². The second-order valence-corrected chi connectivity index (χ2v) is 4.31. The number of rotatable bonds is 1. The zero-order valence-corrected chi connectivity index (χ0v) is 10.2. The van der Waals surface area contributed by atoms with Crippen LogP contribution in [0.15, 0.2) is 24.3 Å². The molecule has 1 aliphatic rings. The summed E-state index contributed by atoms with van der Waals surface area (Å²) in [6.45, 7) is 3.86. The SMILES string of the molecule is CC(C)N1C(=O)c2c(ncn2C)C=CC=C1N. The highest BCUT2D eigenvalue weighted by Crippen LogP contribution is 2.18. The van der Waals surface area contributed by atoms with Gasteiger partial charge in [0.25, 0.3) is 5.91 Å². The molecule has 2 rings (SSSR count). The topological polar surface area (TPSA) is 64.2 Å². The number of hydrogen-bond donors (Lipinski definition) is 1. The number of nitrogens with two attached hydrogens (primary N) is 1. The van der Waals surface area contributed by atoms with Crippen LogP contribution in [0, 0.1) is 0 Å². The van der Waals surface area contributed by atoms with Crippen LogP contribution in [0.5, 0.6) is 0 Å². The average Bonchev–Trinajstić information content (AvgIpc) is 2.57. The smallest absolute Gasteiger partial charge is 0.278 e. The van der Waals surface area contributed by atoms with E-state index in [-0.39, 0.29) is 11.9 Å². The van der Waals surface area contributed by atoms with Gasteiger partial charge in [0.1, 0.15) is 11.5 Å². The van der Waals surface area contributed by atoms with Gasteiger partial charge in [-0.3, -0.25) is 9.69 Å². The van der Waals surface area contributed by atoms with Crippen LogP contribution in [-0.4, -0.2) is 26.4 Å². The molecule has 0 fully saturated rings. The fourth-order valence-electron chi connectivity index (χ4n) is 1.91. The van der Waals surface area contributed by atoms with E-state index in [1.54, 1.807) is 35.0 Å². The van der Waals surface area contributed by atoms with Gasteiger partial charge in [-0.25, -0.2) is 4.98 Å². The highest BCUT2D eigenvalue weighted by Gasteiger charge is 2.26. The van der Waals surface area contributed by atoms with Gasteiger partial charge in [-0.05, 0) is 26.0 Å². The molecule has 5 nitrogen and oxygen atoms in total. The Labute approximate surface area is 100 Å². The lowest BCUT2D eigenvalue weighted by Gasteiger charge is -2.27. The van der Waals surface area contributed by atoms with E-state index in [2.05, 4.69) is 4.98 Å². The first kappa shape index (κ1) is 11.4. The second-order valence-electron chi connectivity index (χ2n) is 4.31. The number of imidazole rings is 1. The number of amides is 1. The molecule has 1 amide bonds. The Bertz CT molecular complexity index is 511. The molecule has 0 unspecified atom stereocenters. The molecule has 0 aliphatic carbocycles. The largest absolute Gasteiger partial charge is 0.385 e. The minimum atomic E-state index is -0.117. The van der Waals surface area contributed by atoms with Crippen LogP contribution in [0.25, 0.3) is 6.08 Å². The minimum Gasteiger partial charge on any atom is -0.385 e. The van der Waals surface area contributed by atoms with Crippen molar-refractivity contribution in [1.82, 2.24) is 14.5 Å². The molecular weight excluding hydrogens is 216 g/mol. The van der Waals surface area contributed by atoms with Gasteiger partial charge >= 0.3 is 0 Å². The Morgan fingerprint density at radius 1 is 1.41 bits per heavy atom. The monoisotopic (exact) mass is 232 g/mol. The quantitative estimate of drug-likeness (QED) is 0.788. The van der Waals surface area contributed by atoms with Gasteiger partial charge in [-0.1, -0.05) is 6.08 Å². The molecule has 1 aromatic heterocycles. The summed E-state index contributed by atoms with van der Waals surface area (Å²) in [7, 11) is 1.80. The molecular formula is C12H16N4O. The van der Waals surface area contributed by atoms with Gasteiger partial charge in [0.15, 0.2) is 0 Å². The first-order chi connectivity index (χ1) is 8.02. The van der Waals surface area contributed by atoms with Crippen LogP contribution in [-0.2, 0) is 7.05 Å². The van der Waals surface area contributed by atoms with Crippen molar-refractivity contribution in [3.05, 3.63) is 35.7 Å². The predicted molar refractivity (Wildman–Crippen MR) is 65.8 cm³/mol. The van der Waals surface area contributed by atoms with Crippen LogP contribution in [0.2, 0.25) is 0 Å². The lowest BCUT2D eigenvalue weighted by atomic mass is 10.2. The van der Waals surface area contributed by atoms with E-state index in [0.717, 1.165) is 0 Å². The van der Waals surface area contributed by atoms with Crippen LogP contribution in [0.3, 0.4) is 0 Å². The van der Waals surface area contributed by atoms with Crippen molar-refractivity contribution in [3.63, 3.8) is 0 Å². The minimum absolute atomic E-state index is 0.00741. The van der Waals surface area contributed by atoms with Crippen molar-refractivity contribution >= 4 is 12.0 Å². The van der Waals surface area contributed by atoms with Crippen LogP contribution >= 0.6 is 0 Å². The van der Waals surface area contributed by atoms with Gasteiger partial charge < -0.3 is 10.3 Å². The molecule has 17 heavy (non-hydrogen) atoms. The molecule has 0 saturated heterocycles. The summed E-state index contributed by atoms with van der Waals surface area (Å²) >= 11 is 0. The van der Waals surface area contributed by atoms with E-state index < -0.39 is 0 Å². The lowest BCUT2D eigenvalue weighted by molar-refractivity contribution is 0.0755. The summed E-state index contributed by atoms with van der Waals surface area (Å²) in [4.78, 5) is 18.2. The van der Waals surface area contributed by atoms with Crippen LogP contribution < -0.4 is 5.73 Å². The Morgan fingerprint density at radius 2 is 2.12 bits per heavy atom. The lowest BCUT2D eigenvalue weighted by Crippen LogP contribution is -2.40. The van der Waals surface area contributed by atoms with Crippen molar-refractivity contribution in [2.75, 3.05) is 0 Å². The molecule has 0 bridgehead atoms. The van der Waals surface area contributed by atoms with E-state index in [4.69, 9.17) is 5.73 Å². The van der Waals surface area contributed by atoms with Gasteiger partial charge in [-0.15, -0.1) is 0 Å². The summed E-state index contributed by atoms with van der Waals surface area (Å²) < 4.78 is 1.72. The third-order valence-electron chi connectivity index (χ3n) is 2.70. The van der Waals surface area contributed by atoms with Crippen LogP contribution in [0.1, 0.15) is 30.0 Å². The maximum Gasteiger partial charge on any atom is 0.278 e. The second kappa shape index (κ2) is 4.08. The molecule has 90 valence electrons. The number of allylic oxidation sites excluding steroid dienone is 2.